The molecule has 0 unspecified atom stereocenters. The molecule has 0 saturated heterocycles. The van der Waals surface area contributed by atoms with E-state index < -0.39 is 5.82 Å². The summed E-state index contributed by atoms with van der Waals surface area (Å²) in [5, 5.41) is 17.1. The Bertz CT molecular complexity index is 875. The number of anilines is 1. The molecule has 3 rings (SSSR count). The maximum Gasteiger partial charge on any atom is 0.191 e. The van der Waals surface area contributed by atoms with Gasteiger partial charge in [-0.25, -0.2) is 9.07 Å². The zero-order valence-electron chi connectivity index (χ0n) is 12.7. The van der Waals surface area contributed by atoms with Gasteiger partial charge in [0.05, 0.1) is 5.69 Å². The van der Waals surface area contributed by atoms with Crippen LogP contribution in [0.5, 0.6) is 0 Å². The minimum Gasteiger partial charge on any atom is -0.378 e. The second-order valence-corrected chi connectivity index (χ2v) is 5.20. The van der Waals surface area contributed by atoms with Crippen LogP contribution in [-0.2, 0) is 0 Å². The highest BCUT2D eigenvalue weighted by atomic mass is 19.1. The molecule has 2 aromatic carbocycles. The fourth-order valence-electron chi connectivity index (χ4n) is 2.32. The topological polar surface area (TPSA) is 57.7 Å². The summed E-state index contributed by atoms with van der Waals surface area (Å²) < 4.78 is 15.6. The lowest BCUT2D eigenvalue weighted by atomic mass is 10.1. The predicted octanol–water partition coefficient (Wildman–Crippen LogP) is 3.01. The summed E-state index contributed by atoms with van der Waals surface area (Å²) in [6, 6.07) is 15.8. The summed E-state index contributed by atoms with van der Waals surface area (Å²) >= 11 is 0. The monoisotopic (exact) mass is 307 g/mol. The van der Waals surface area contributed by atoms with Crippen molar-refractivity contribution in [2.24, 2.45) is 0 Å². The van der Waals surface area contributed by atoms with Crippen LogP contribution in [0.25, 0.3) is 16.9 Å². The van der Waals surface area contributed by atoms with Crippen molar-refractivity contribution in [2.75, 3.05) is 19.0 Å². The molecule has 1 heterocycles. The fourth-order valence-corrected chi connectivity index (χ4v) is 2.32. The first-order chi connectivity index (χ1) is 11.1. The van der Waals surface area contributed by atoms with E-state index in [0.29, 0.717) is 16.9 Å². The van der Waals surface area contributed by atoms with Crippen molar-refractivity contribution in [1.29, 1.82) is 5.26 Å². The molecule has 6 heteroatoms. The van der Waals surface area contributed by atoms with E-state index in [1.165, 1.54) is 10.7 Å². The van der Waals surface area contributed by atoms with Gasteiger partial charge in [-0.3, -0.25) is 0 Å². The molecule has 114 valence electrons. The summed E-state index contributed by atoms with van der Waals surface area (Å²) in [6.45, 7) is 0. The van der Waals surface area contributed by atoms with Gasteiger partial charge in [0, 0.05) is 25.3 Å². The van der Waals surface area contributed by atoms with Crippen molar-refractivity contribution in [3.63, 3.8) is 0 Å². The average molecular weight is 307 g/mol. The van der Waals surface area contributed by atoms with Gasteiger partial charge in [0.25, 0.3) is 0 Å². The first kappa shape index (κ1) is 14.7. The molecule has 0 aliphatic rings. The van der Waals surface area contributed by atoms with E-state index in [-0.39, 0.29) is 5.69 Å². The highest BCUT2D eigenvalue weighted by Gasteiger charge is 2.19. The van der Waals surface area contributed by atoms with Crippen molar-refractivity contribution in [2.45, 2.75) is 0 Å². The highest BCUT2D eigenvalue weighted by molar-refractivity contribution is 5.68. The summed E-state index contributed by atoms with van der Waals surface area (Å²) in [5.74, 6) is -0.419. The van der Waals surface area contributed by atoms with Crippen LogP contribution >= 0.6 is 0 Å². The molecule has 23 heavy (non-hydrogen) atoms. The Balaban J connectivity index is 2.16. The number of nitriles is 1. The van der Waals surface area contributed by atoms with Crippen LogP contribution in [-0.4, -0.2) is 29.1 Å². The van der Waals surface area contributed by atoms with E-state index >= 15 is 0 Å². The van der Waals surface area contributed by atoms with Crippen molar-refractivity contribution < 1.29 is 4.39 Å². The maximum atomic E-state index is 14.1. The summed E-state index contributed by atoms with van der Waals surface area (Å²) in [6.07, 6.45) is 0. The lowest BCUT2D eigenvalue weighted by molar-refractivity contribution is 0.629. The molecule has 0 bridgehead atoms. The molecule has 0 N–H and O–H groups in total. The van der Waals surface area contributed by atoms with Crippen molar-refractivity contribution in [1.82, 2.24) is 15.0 Å². The van der Waals surface area contributed by atoms with Crippen molar-refractivity contribution in [3.05, 3.63) is 60.0 Å². The zero-order chi connectivity index (χ0) is 16.4. The Morgan fingerprint density at radius 3 is 2.39 bits per heavy atom. The third-order valence-electron chi connectivity index (χ3n) is 3.52. The summed E-state index contributed by atoms with van der Waals surface area (Å²) in [5.41, 5.74) is 2.48. The standard InChI is InChI=1S/C17H14FN5/c1-22(2)12-7-9-13(10-8-12)23-17(16(11-19)20-21-23)14-5-3-4-6-15(14)18/h3-10H,1-2H3. The van der Waals surface area contributed by atoms with Crippen LogP contribution in [0.4, 0.5) is 10.1 Å². The number of rotatable bonds is 3. The van der Waals surface area contributed by atoms with E-state index in [9.17, 15) is 9.65 Å². The number of aromatic nitrogens is 3. The van der Waals surface area contributed by atoms with Crippen LogP contribution < -0.4 is 4.90 Å². The quantitative estimate of drug-likeness (QED) is 0.746. The van der Waals surface area contributed by atoms with Crippen molar-refractivity contribution >= 4 is 5.69 Å². The van der Waals surface area contributed by atoms with Gasteiger partial charge in [-0.2, -0.15) is 5.26 Å². The summed E-state index contributed by atoms with van der Waals surface area (Å²) in [7, 11) is 3.89. The largest absolute Gasteiger partial charge is 0.378 e. The molecule has 0 atom stereocenters. The Hall–Kier alpha value is -3.20. The van der Waals surface area contributed by atoms with E-state index in [0.717, 1.165) is 5.69 Å². The number of halogens is 1. The van der Waals surface area contributed by atoms with Gasteiger partial charge in [0.2, 0.25) is 0 Å². The lowest BCUT2D eigenvalue weighted by Crippen LogP contribution is -2.08. The fraction of sp³-hybridized carbons (Fsp3) is 0.118. The first-order valence-corrected chi connectivity index (χ1v) is 7.00. The Labute approximate surface area is 133 Å². The van der Waals surface area contributed by atoms with Gasteiger partial charge < -0.3 is 4.90 Å². The van der Waals surface area contributed by atoms with E-state index in [1.54, 1.807) is 18.2 Å². The molecular formula is C17H14FN5. The van der Waals surface area contributed by atoms with Crippen LogP contribution in [0, 0.1) is 17.1 Å². The van der Waals surface area contributed by atoms with Gasteiger partial charge in [-0.1, -0.05) is 17.3 Å². The number of hydrogen-bond acceptors (Lipinski definition) is 4. The van der Waals surface area contributed by atoms with Crippen LogP contribution in [0.3, 0.4) is 0 Å². The molecule has 0 aliphatic heterocycles. The van der Waals surface area contributed by atoms with Gasteiger partial charge in [-0.15, -0.1) is 5.10 Å². The minimum absolute atomic E-state index is 0.0896. The van der Waals surface area contributed by atoms with E-state index in [2.05, 4.69) is 10.3 Å². The predicted molar refractivity (Wildman–Crippen MR) is 85.8 cm³/mol. The minimum atomic E-state index is -0.419. The van der Waals surface area contributed by atoms with Gasteiger partial charge in [0.15, 0.2) is 5.69 Å². The van der Waals surface area contributed by atoms with Gasteiger partial charge in [0.1, 0.15) is 17.6 Å². The van der Waals surface area contributed by atoms with E-state index in [1.807, 2.05) is 49.3 Å². The van der Waals surface area contributed by atoms with Crippen LogP contribution in [0.2, 0.25) is 0 Å². The molecule has 5 nitrogen and oxygen atoms in total. The van der Waals surface area contributed by atoms with Crippen molar-refractivity contribution in [3.8, 4) is 23.0 Å². The first-order valence-electron chi connectivity index (χ1n) is 7.00. The van der Waals surface area contributed by atoms with Gasteiger partial charge >= 0.3 is 0 Å². The zero-order valence-corrected chi connectivity index (χ0v) is 12.7. The second kappa shape index (κ2) is 5.89. The molecule has 0 radical (unpaired) electrons. The molecular weight excluding hydrogens is 293 g/mol. The Morgan fingerprint density at radius 2 is 1.78 bits per heavy atom. The Kier molecular flexibility index (Phi) is 3.77. The number of nitrogens with zero attached hydrogens (tertiary/aromatic N) is 5. The third-order valence-corrected chi connectivity index (χ3v) is 3.52. The Morgan fingerprint density at radius 1 is 1.09 bits per heavy atom. The third kappa shape index (κ3) is 2.64. The molecule has 3 aromatic rings. The SMILES string of the molecule is CN(C)c1ccc(-n2nnc(C#N)c2-c2ccccc2F)cc1. The average Bonchev–Trinajstić information content (AvgIpc) is 2.99. The molecule has 0 spiro atoms. The maximum absolute atomic E-state index is 14.1. The van der Waals surface area contributed by atoms with E-state index in [4.69, 9.17) is 0 Å². The normalized spacial score (nSPS) is 10.3. The lowest BCUT2D eigenvalue weighted by Gasteiger charge is -2.13. The number of benzene rings is 2. The second-order valence-electron chi connectivity index (χ2n) is 5.20. The van der Waals surface area contributed by atoms with Crippen LogP contribution in [0.15, 0.2) is 48.5 Å². The highest BCUT2D eigenvalue weighted by Crippen LogP contribution is 2.27. The van der Waals surface area contributed by atoms with Crippen LogP contribution in [0.1, 0.15) is 5.69 Å². The summed E-state index contributed by atoms with van der Waals surface area (Å²) in [4.78, 5) is 1.98. The molecule has 0 fully saturated rings. The molecule has 0 aliphatic carbocycles. The molecule has 0 saturated carbocycles. The number of hydrogen-bond donors (Lipinski definition) is 0. The van der Waals surface area contributed by atoms with Gasteiger partial charge in [-0.05, 0) is 36.4 Å². The molecule has 0 amide bonds. The smallest absolute Gasteiger partial charge is 0.191 e. The molecule has 1 aromatic heterocycles.